The molecule has 1 unspecified atom stereocenters. The number of rotatable bonds is 2. The van der Waals surface area contributed by atoms with Crippen molar-refractivity contribution in [3.8, 4) is 0 Å². The van der Waals surface area contributed by atoms with Crippen LogP contribution in [0.2, 0.25) is 0 Å². The molecule has 2 aliphatic heterocycles. The van der Waals surface area contributed by atoms with Crippen LogP contribution in [0.15, 0.2) is 29.2 Å². The van der Waals surface area contributed by atoms with Gasteiger partial charge in [0.1, 0.15) is 0 Å². The zero-order valence-electron chi connectivity index (χ0n) is 10.0. The average Bonchev–Trinajstić information content (AvgIpc) is 2.27. The van der Waals surface area contributed by atoms with E-state index < -0.39 is 0 Å². The van der Waals surface area contributed by atoms with Crippen molar-refractivity contribution in [2.45, 2.75) is 17.4 Å². The van der Waals surface area contributed by atoms with Crippen LogP contribution in [-0.2, 0) is 4.79 Å². The molecule has 2 aliphatic rings. The molecule has 0 saturated carbocycles. The molecule has 0 aromatic heterocycles. The summed E-state index contributed by atoms with van der Waals surface area (Å²) < 4.78 is 0. The number of benzene rings is 1. The first-order valence-electron chi connectivity index (χ1n) is 6.07. The Bertz CT molecular complexity index is 437. The first kappa shape index (κ1) is 13.7. The van der Waals surface area contributed by atoms with Crippen molar-refractivity contribution in [1.29, 1.82) is 0 Å². The second-order valence-corrected chi connectivity index (χ2v) is 5.73. The third-order valence-electron chi connectivity index (χ3n) is 3.43. The molecule has 1 amide bonds. The van der Waals surface area contributed by atoms with Crippen LogP contribution in [0.4, 0.5) is 0 Å². The van der Waals surface area contributed by atoms with E-state index in [-0.39, 0.29) is 30.3 Å². The predicted octanol–water partition coefficient (Wildman–Crippen LogP) is 1.98. The van der Waals surface area contributed by atoms with Gasteiger partial charge in [0.05, 0.1) is 12.0 Å². The molecule has 98 valence electrons. The van der Waals surface area contributed by atoms with E-state index in [0.29, 0.717) is 0 Å². The molecule has 5 heteroatoms. The van der Waals surface area contributed by atoms with Gasteiger partial charge in [-0.3, -0.25) is 4.79 Å². The monoisotopic (exact) mass is 284 g/mol. The molecule has 0 aliphatic carbocycles. The maximum absolute atomic E-state index is 11.9. The van der Waals surface area contributed by atoms with Crippen molar-refractivity contribution < 1.29 is 4.79 Å². The molecular weight excluding hydrogens is 268 g/mol. The van der Waals surface area contributed by atoms with E-state index in [4.69, 9.17) is 0 Å². The van der Waals surface area contributed by atoms with Gasteiger partial charge in [0.25, 0.3) is 0 Å². The smallest absolute Gasteiger partial charge is 0.226 e. The molecular formula is C13H17ClN2OS. The van der Waals surface area contributed by atoms with Crippen molar-refractivity contribution in [3.63, 3.8) is 0 Å². The van der Waals surface area contributed by atoms with Gasteiger partial charge in [0.2, 0.25) is 5.91 Å². The molecule has 1 aromatic rings. The zero-order valence-corrected chi connectivity index (χ0v) is 11.7. The topological polar surface area (TPSA) is 41.1 Å². The number of amides is 1. The third kappa shape index (κ3) is 2.66. The van der Waals surface area contributed by atoms with E-state index in [2.05, 4.69) is 34.9 Å². The van der Waals surface area contributed by atoms with Gasteiger partial charge in [-0.05, 0) is 18.1 Å². The molecule has 18 heavy (non-hydrogen) atoms. The molecule has 1 fully saturated rings. The van der Waals surface area contributed by atoms with Gasteiger partial charge < -0.3 is 10.6 Å². The van der Waals surface area contributed by atoms with Gasteiger partial charge in [0, 0.05) is 23.7 Å². The second-order valence-electron chi connectivity index (χ2n) is 4.59. The number of nitrogens with one attached hydrogen (secondary N) is 2. The van der Waals surface area contributed by atoms with E-state index in [1.807, 2.05) is 11.8 Å². The molecule has 3 rings (SSSR count). The van der Waals surface area contributed by atoms with Crippen molar-refractivity contribution in [1.82, 2.24) is 10.6 Å². The zero-order chi connectivity index (χ0) is 11.7. The van der Waals surface area contributed by atoms with E-state index in [0.717, 1.165) is 25.3 Å². The Morgan fingerprint density at radius 2 is 2.11 bits per heavy atom. The molecule has 1 saturated heterocycles. The van der Waals surface area contributed by atoms with Crippen molar-refractivity contribution in [2.75, 3.05) is 18.8 Å². The summed E-state index contributed by atoms with van der Waals surface area (Å²) in [6.07, 6.45) is 1.04. The summed E-state index contributed by atoms with van der Waals surface area (Å²) in [5, 5.41) is 6.32. The highest BCUT2D eigenvalue weighted by atomic mass is 35.5. The van der Waals surface area contributed by atoms with Crippen LogP contribution < -0.4 is 10.6 Å². The summed E-state index contributed by atoms with van der Waals surface area (Å²) in [6, 6.07) is 8.59. The Labute approximate surface area is 118 Å². The van der Waals surface area contributed by atoms with Crippen molar-refractivity contribution in [3.05, 3.63) is 29.8 Å². The summed E-state index contributed by atoms with van der Waals surface area (Å²) in [6.45, 7) is 1.66. The van der Waals surface area contributed by atoms with Crippen molar-refractivity contribution in [2.24, 2.45) is 5.92 Å². The fourth-order valence-electron chi connectivity index (χ4n) is 2.26. The standard InChI is InChI=1S/C13H16N2OS.ClH/c16-13(9-7-14-8-9)15-11-5-6-17-12-4-2-1-3-10(11)12;/h1-4,9,11,14H,5-8H2,(H,15,16);1H. The number of hydrogen-bond donors (Lipinski definition) is 2. The lowest BCUT2D eigenvalue weighted by molar-refractivity contribution is -0.127. The van der Waals surface area contributed by atoms with E-state index in [9.17, 15) is 4.79 Å². The molecule has 1 atom stereocenters. The number of carbonyl (C=O) groups is 1. The maximum atomic E-state index is 11.9. The summed E-state index contributed by atoms with van der Waals surface area (Å²) in [5.41, 5.74) is 1.28. The molecule has 0 radical (unpaired) electrons. The van der Waals surface area contributed by atoms with Gasteiger partial charge >= 0.3 is 0 Å². The third-order valence-corrected chi connectivity index (χ3v) is 4.55. The van der Waals surface area contributed by atoms with Crippen LogP contribution in [0.5, 0.6) is 0 Å². The second kappa shape index (κ2) is 5.95. The Morgan fingerprint density at radius 3 is 2.83 bits per heavy atom. The van der Waals surface area contributed by atoms with E-state index in [1.165, 1.54) is 10.5 Å². The number of halogens is 1. The molecule has 2 heterocycles. The lowest BCUT2D eigenvalue weighted by Crippen LogP contribution is -2.51. The van der Waals surface area contributed by atoms with Crippen LogP contribution in [0.3, 0.4) is 0 Å². The minimum absolute atomic E-state index is 0. The number of hydrogen-bond acceptors (Lipinski definition) is 3. The maximum Gasteiger partial charge on any atom is 0.226 e. The van der Waals surface area contributed by atoms with Gasteiger partial charge in [-0.15, -0.1) is 24.2 Å². The minimum Gasteiger partial charge on any atom is -0.349 e. The normalized spacial score (nSPS) is 22.3. The highest BCUT2D eigenvalue weighted by Gasteiger charge is 2.28. The lowest BCUT2D eigenvalue weighted by Gasteiger charge is -2.31. The van der Waals surface area contributed by atoms with Gasteiger partial charge in [-0.25, -0.2) is 0 Å². The summed E-state index contributed by atoms with van der Waals surface area (Å²) >= 11 is 1.88. The van der Waals surface area contributed by atoms with Gasteiger partial charge in [0.15, 0.2) is 0 Å². The first-order valence-corrected chi connectivity index (χ1v) is 7.06. The minimum atomic E-state index is 0. The predicted molar refractivity (Wildman–Crippen MR) is 76.3 cm³/mol. The fraction of sp³-hybridized carbons (Fsp3) is 0.462. The number of thioether (sulfide) groups is 1. The molecule has 0 spiro atoms. The van der Waals surface area contributed by atoms with E-state index in [1.54, 1.807) is 0 Å². The average molecular weight is 285 g/mol. The Hall–Kier alpha value is -0.710. The molecule has 0 bridgehead atoms. The molecule has 1 aromatic carbocycles. The highest BCUT2D eigenvalue weighted by molar-refractivity contribution is 7.99. The number of fused-ring (bicyclic) bond motifs is 1. The Kier molecular flexibility index (Phi) is 4.54. The largest absolute Gasteiger partial charge is 0.349 e. The molecule has 3 nitrogen and oxygen atoms in total. The molecule has 2 N–H and O–H groups in total. The fourth-order valence-corrected chi connectivity index (χ4v) is 3.38. The SMILES string of the molecule is Cl.O=C(NC1CCSc2ccccc21)C1CNC1. The van der Waals surface area contributed by atoms with Gasteiger partial charge in [-0.1, -0.05) is 18.2 Å². The van der Waals surface area contributed by atoms with Gasteiger partial charge in [-0.2, -0.15) is 0 Å². The van der Waals surface area contributed by atoms with Crippen LogP contribution >= 0.6 is 24.2 Å². The van der Waals surface area contributed by atoms with Crippen molar-refractivity contribution >= 4 is 30.1 Å². The highest BCUT2D eigenvalue weighted by Crippen LogP contribution is 2.35. The van der Waals surface area contributed by atoms with Crippen LogP contribution in [0.25, 0.3) is 0 Å². The number of carbonyl (C=O) groups excluding carboxylic acids is 1. The lowest BCUT2D eigenvalue weighted by atomic mass is 9.99. The summed E-state index contributed by atoms with van der Waals surface area (Å²) in [5.74, 6) is 1.47. The summed E-state index contributed by atoms with van der Waals surface area (Å²) in [7, 11) is 0. The van der Waals surface area contributed by atoms with E-state index >= 15 is 0 Å². The first-order chi connectivity index (χ1) is 8.34. The van der Waals surface area contributed by atoms with Crippen LogP contribution in [0.1, 0.15) is 18.0 Å². The Morgan fingerprint density at radius 1 is 1.33 bits per heavy atom. The van der Waals surface area contributed by atoms with Crippen LogP contribution in [-0.4, -0.2) is 24.7 Å². The summed E-state index contributed by atoms with van der Waals surface area (Å²) in [4.78, 5) is 13.3. The van der Waals surface area contributed by atoms with Crippen LogP contribution in [0, 0.1) is 5.92 Å². The Balaban J connectivity index is 0.00000120. The quantitative estimate of drug-likeness (QED) is 0.873.